The molecule has 0 spiro atoms. The molecule has 1 aliphatic heterocycles. The zero-order valence-electron chi connectivity index (χ0n) is 12.5. The maximum absolute atomic E-state index is 11.6. The van der Waals surface area contributed by atoms with E-state index in [0.717, 1.165) is 25.9 Å². The fourth-order valence-corrected chi connectivity index (χ4v) is 2.71. The molecule has 0 saturated carbocycles. The lowest BCUT2D eigenvalue weighted by Gasteiger charge is -2.50. The molecule has 4 heteroatoms. The number of carboxylic acids is 1. The van der Waals surface area contributed by atoms with Crippen molar-refractivity contribution in [2.75, 3.05) is 13.1 Å². The van der Waals surface area contributed by atoms with E-state index in [1.54, 1.807) is 6.08 Å². The Labute approximate surface area is 116 Å². The Morgan fingerprint density at radius 2 is 2.21 bits per heavy atom. The number of aliphatic carboxylic acids is 1. The van der Waals surface area contributed by atoms with E-state index in [1.165, 1.54) is 0 Å². The zero-order chi connectivity index (χ0) is 14.7. The molecule has 0 aromatic rings. The van der Waals surface area contributed by atoms with Gasteiger partial charge in [-0.15, -0.1) is 0 Å². The average Bonchev–Trinajstić information content (AvgIpc) is 2.36. The first-order chi connectivity index (χ1) is 8.77. The van der Waals surface area contributed by atoms with Crippen molar-refractivity contribution < 1.29 is 14.4 Å². The van der Waals surface area contributed by atoms with E-state index in [1.807, 2.05) is 13.0 Å². The minimum absolute atomic E-state index is 0.0867. The smallest absolute Gasteiger partial charge is 0.390 e. The summed E-state index contributed by atoms with van der Waals surface area (Å²) < 4.78 is 0.483. The highest BCUT2D eigenvalue weighted by Crippen LogP contribution is 2.36. The van der Waals surface area contributed by atoms with Crippen LogP contribution in [0, 0.1) is 0 Å². The first kappa shape index (κ1) is 15.9. The molecule has 0 amide bonds. The summed E-state index contributed by atoms with van der Waals surface area (Å²) in [7, 11) is 0. The van der Waals surface area contributed by atoms with Gasteiger partial charge >= 0.3 is 5.97 Å². The van der Waals surface area contributed by atoms with Crippen molar-refractivity contribution in [1.82, 2.24) is 0 Å². The van der Waals surface area contributed by atoms with Gasteiger partial charge in [-0.1, -0.05) is 13.0 Å². The number of carboxylic acid groups (broad SMARTS) is 1. The molecule has 0 aromatic carbocycles. The number of allylic oxidation sites excluding steroid dienone is 2. The normalized spacial score (nSPS) is 25.0. The van der Waals surface area contributed by atoms with Crippen LogP contribution in [0.1, 0.15) is 40.5 Å². The van der Waals surface area contributed by atoms with Crippen LogP contribution in [0.5, 0.6) is 0 Å². The first-order valence-electron chi connectivity index (χ1n) is 7.00. The highest BCUT2D eigenvalue weighted by Gasteiger charge is 2.48. The fraction of sp³-hybridized carbons (Fsp3) is 0.667. The second-order valence-corrected chi connectivity index (χ2v) is 6.09. The van der Waals surface area contributed by atoms with E-state index in [0.29, 0.717) is 10.2 Å². The van der Waals surface area contributed by atoms with Crippen LogP contribution < -0.4 is 5.73 Å². The lowest BCUT2D eigenvalue weighted by Crippen LogP contribution is -2.63. The number of hydrogen-bond acceptors (Lipinski definition) is 2. The van der Waals surface area contributed by atoms with Gasteiger partial charge in [-0.05, 0) is 33.3 Å². The van der Waals surface area contributed by atoms with Gasteiger partial charge in [0.05, 0.1) is 12.1 Å². The summed E-state index contributed by atoms with van der Waals surface area (Å²) in [6.07, 6.45) is 7.39. The minimum Gasteiger partial charge on any atom is -0.474 e. The standard InChI is InChI=1S/C15H26N2O2/c1-5-15(3,4)17(11-9-12(2)16)10-7-6-8-13(17)14(18)19/h6-8,12H,5,9-11,16H2,1-4H3/p+1. The van der Waals surface area contributed by atoms with Crippen LogP contribution >= 0.6 is 0 Å². The topological polar surface area (TPSA) is 63.3 Å². The fourth-order valence-electron chi connectivity index (χ4n) is 2.71. The second kappa shape index (κ2) is 5.88. The predicted octanol–water partition coefficient (Wildman–Crippen LogP) is 2.27. The van der Waals surface area contributed by atoms with Crippen molar-refractivity contribution in [3.05, 3.63) is 23.9 Å². The Hall–Kier alpha value is -1.13. The molecular weight excluding hydrogens is 240 g/mol. The van der Waals surface area contributed by atoms with Crippen molar-refractivity contribution in [2.45, 2.75) is 52.1 Å². The lowest BCUT2D eigenvalue weighted by molar-refractivity contribution is -0.931. The Kier molecular flexibility index (Phi) is 4.93. The van der Waals surface area contributed by atoms with Gasteiger partial charge in [-0.3, -0.25) is 4.48 Å². The summed E-state index contributed by atoms with van der Waals surface area (Å²) in [6.45, 7) is 9.87. The van der Waals surface area contributed by atoms with E-state index < -0.39 is 5.97 Å². The third kappa shape index (κ3) is 3.07. The first-order valence-corrected chi connectivity index (χ1v) is 7.00. The van der Waals surface area contributed by atoms with Crippen LogP contribution in [-0.2, 0) is 4.79 Å². The number of nitrogens with zero attached hydrogens (tertiary/aromatic N) is 1. The van der Waals surface area contributed by atoms with Gasteiger partial charge in [0.15, 0.2) is 0 Å². The summed E-state index contributed by atoms with van der Waals surface area (Å²) in [4.78, 5) is 11.6. The number of hydrogen-bond donors (Lipinski definition) is 2. The van der Waals surface area contributed by atoms with Gasteiger partial charge in [0.1, 0.15) is 6.54 Å². The Morgan fingerprint density at radius 3 is 2.68 bits per heavy atom. The quantitative estimate of drug-likeness (QED) is 0.726. The summed E-state index contributed by atoms with van der Waals surface area (Å²) in [5.74, 6) is -0.824. The Morgan fingerprint density at radius 1 is 1.58 bits per heavy atom. The molecule has 0 aliphatic carbocycles. The average molecular weight is 267 g/mol. The summed E-state index contributed by atoms with van der Waals surface area (Å²) >= 11 is 0. The molecule has 0 radical (unpaired) electrons. The maximum Gasteiger partial charge on any atom is 0.390 e. The highest BCUT2D eigenvalue weighted by molar-refractivity contribution is 5.84. The molecule has 2 atom stereocenters. The minimum atomic E-state index is -0.824. The third-order valence-electron chi connectivity index (χ3n) is 4.48. The molecule has 0 fully saturated rings. The van der Waals surface area contributed by atoms with Gasteiger partial charge in [0, 0.05) is 18.5 Å². The van der Waals surface area contributed by atoms with Crippen LogP contribution in [0.2, 0.25) is 0 Å². The zero-order valence-corrected chi connectivity index (χ0v) is 12.5. The molecule has 0 bridgehead atoms. The molecular formula is C15H27N2O2+. The van der Waals surface area contributed by atoms with Crippen molar-refractivity contribution in [1.29, 1.82) is 0 Å². The number of nitrogens with two attached hydrogens (primary N) is 1. The molecule has 1 aliphatic rings. The van der Waals surface area contributed by atoms with Crippen LogP contribution in [0.3, 0.4) is 0 Å². The molecule has 1 heterocycles. The number of rotatable bonds is 6. The Balaban J connectivity index is 3.22. The Bertz CT molecular complexity index is 397. The van der Waals surface area contributed by atoms with E-state index in [-0.39, 0.29) is 11.6 Å². The van der Waals surface area contributed by atoms with Crippen LogP contribution in [-0.4, -0.2) is 40.2 Å². The van der Waals surface area contributed by atoms with Gasteiger partial charge < -0.3 is 10.8 Å². The van der Waals surface area contributed by atoms with Gasteiger partial charge in [0.25, 0.3) is 0 Å². The predicted molar refractivity (Wildman–Crippen MR) is 77.5 cm³/mol. The maximum atomic E-state index is 11.6. The van der Waals surface area contributed by atoms with E-state index in [9.17, 15) is 9.90 Å². The van der Waals surface area contributed by atoms with E-state index >= 15 is 0 Å². The molecule has 0 aromatic heterocycles. The van der Waals surface area contributed by atoms with Crippen LogP contribution in [0.15, 0.2) is 23.9 Å². The van der Waals surface area contributed by atoms with Gasteiger partial charge in [0.2, 0.25) is 5.70 Å². The molecule has 2 unspecified atom stereocenters. The number of quaternary nitrogens is 1. The van der Waals surface area contributed by atoms with Crippen molar-refractivity contribution in [3.8, 4) is 0 Å². The number of carbonyl (C=O) groups is 1. The monoisotopic (exact) mass is 267 g/mol. The molecule has 3 N–H and O–H groups in total. The van der Waals surface area contributed by atoms with Crippen molar-refractivity contribution >= 4 is 5.97 Å². The van der Waals surface area contributed by atoms with E-state index in [2.05, 4.69) is 26.8 Å². The summed E-state index contributed by atoms with van der Waals surface area (Å²) in [5.41, 5.74) is 6.24. The van der Waals surface area contributed by atoms with Gasteiger partial charge in [-0.25, -0.2) is 4.79 Å². The summed E-state index contributed by atoms with van der Waals surface area (Å²) in [5, 5.41) is 9.55. The van der Waals surface area contributed by atoms with Crippen LogP contribution in [0.25, 0.3) is 0 Å². The SMILES string of the molecule is CCC(C)(C)[N+]1(CCC(C)N)CC=CC=C1C(=O)O. The molecule has 19 heavy (non-hydrogen) atoms. The largest absolute Gasteiger partial charge is 0.474 e. The summed E-state index contributed by atoms with van der Waals surface area (Å²) in [6, 6.07) is 0.0867. The lowest BCUT2D eigenvalue weighted by atomic mass is 9.91. The van der Waals surface area contributed by atoms with Gasteiger partial charge in [-0.2, -0.15) is 0 Å². The van der Waals surface area contributed by atoms with E-state index in [4.69, 9.17) is 5.73 Å². The third-order valence-corrected chi connectivity index (χ3v) is 4.48. The molecule has 108 valence electrons. The highest BCUT2D eigenvalue weighted by atomic mass is 16.4. The van der Waals surface area contributed by atoms with Crippen LogP contribution in [0.4, 0.5) is 0 Å². The van der Waals surface area contributed by atoms with Crippen molar-refractivity contribution in [3.63, 3.8) is 0 Å². The molecule has 1 rings (SSSR count). The second-order valence-electron chi connectivity index (χ2n) is 6.09. The molecule has 0 saturated heterocycles. The van der Waals surface area contributed by atoms with Crippen molar-refractivity contribution in [2.24, 2.45) is 5.73 Å². The molecule has 4 nitrogen and oxygen atoms in total.